The number of rotatable bonds is 6. The second-order valence-electron chi connectivity index (χ2n) is 7.43. The fraction of sp³-hybridized carbons (Fsp3) is 0.684. The minimum absolute atomic E-state index is 0.366. The van der Waals surface area contributed by atoms with Crippen LogP contribution in [0.2, 0.25) is 0 Å². The Balaban J connectivity index is 1.51. The van der Waals surface area contributed by atoms with Crippen molar-refractivity contribution in [1.29, 1.82) is 0 Å². The fourth-order valence-electron chi connectivity index (χ4n) is 3.73. The molecule has 0 spiro atoms. The van der Waals surface area contributed by atoms with Crippen LogP contribution in [0.4, 0.5) is 0 Å². The van der Waals surface area contributed by atoms with Gasteiger partial charge in [-0.3, -0.25) is 0 Å². The molecule has 0 bridgehead atoms. The predicted molar refractivity (Wildman–Crippen MR) is 94.4 cm³/mol. The highest BCUT2D eigenvalue weighted by molar-refractivity contribution is 5.26. The van der Waals surface area contributed by atoms with Crippen LogP contribution >= 0.6 is 0 Å². The Morgan fingerprint density at radius 3 is 2.56 bits per heavy atom. The lowest BCUT2D eigenvalue weighted by Crippen LogP contribution is -2.42. The zero-order valence-electron chi connectivity index (χ0n) is 15.6. The highest BCUT2D eigenvalue weighted by Crippen LogP contribution is 2.33. The van der Waals surface area contributed by atoms with E-state index >= 15 is 0 Å². The normalized spacial score (nSPS) is 23.6. The molecule has 0 radical (unpaired) electrons. The third kappa shape index (κ3) is 4.12. The van der Waals surface area contributed by atoms with Crippen molar-refractivity contribution in [3.63, 3.8) is 0 Å². The second-order valence-corrected chi connectivity index (χ2v) is 7.43. The molecule has 6 nitrogen and oxygen atoms in total. The molecule has 0 aromatic carbocycles. The zero-order chi connectivity index (χ0) is 18.0. The quantitative estimate of drug-likeness (QED) is 0.833. The lowest BCUT2D eigenvalue weighted by atomic mass is 9.85. The Bertz CT molecular complexity index is 697. The summed E-state index contributed by atoms with van der Waals surface area (Å²) in [7, 11) is 0. The highest BCUT2D eigenvalue weighted by atomic mass is 16.5. The van der Waals surface area contributed by atoms with Crippen molar-refractivity contribution in [3.05, 3.63) is 34.9 Å². The van der Waals surface area contributed by atoms with Crippen molar-refractivity contribution in [3.8, 4) is 0 Å². The third-order valence-corrected chi connectivity index (χ3v) is 5.23. The summed E-state index contributed by atoms with van der Waals surface area (Å²) in [6, 6.07) is 2.33. The van der Waals surface area contributed by atoms with Crippen LogP contribution in [0.15, 0.2) is 15.0 Å². The van der Waals surface area contributed by atoms with E-state index in [1.54, 1.807) is 0 Å². The molecular weight excluding hydrogens is 318 g/mol. The van der Waals surface area contributed by atoms with E-state index in [0.717, 1.165) is 60.9 Å². The predicted octanol–water partition coefficient (Wildman–Crippen LogP) is 3.37. The van der Waals surface area contributed by atoms with E-state index in [0.29, 0.717) is 18.5 Å². The van der Waals surface area contributed by atoms with Gasteiger partial charge >= 0.3 is 0 Å². The van der Waals surface area contributed by atoms with E-state index < -0.39 is 5.60 Å². The fourth-order valence-corrected chi connectivity index (χ4v) is 3.73. The smallest absolute Gasteiger partial charge is 0.229 e. The summed E-state index contributed by atoms with van der Waals surface area (Å²) >= 11 is 0. The first kappa shape index (κ1) is 18.1. The molecule has 1 fully saturated rings. The summed E-state index contributed by atoms with van der Waals surface area (Å²) in [4.78, 5) is 4.47. The molecule has 0 saturated heterocycles. The number of aromatic nitrogens is 2. The van der Waals surface area contributed by atoms with Crippen LogP contribution in [-0.4, -0.2) is 27.8 Å². The number of hydrogen-bond acceptors (Lipinski definition) is 6. The van der Waals surface area contributed by atoms with Crippen molar-refractivity contribution in [2.24, 2.45) is 0 Å². The Labute approximate surface area is 149 Å². The summed E-state index contributed by atoms with van der Waals surface area (Å²) in [6.07, 6.45) is 4.98. The topological polar surface area (TPSA) is 84.3 Å². The molecule has 2 aromatic heterocycles. The molecule has 2 aromatic rings. The average molecular weight is 347 g/mol. The minimum Gasteiger partial charge on any atom is -0.466 e. The number of nitrogens with zero attached hydrogens (tertiary/aromatic N) is 2. The van der Waals surface area contributed by atoms with Crippen LogP contribution in [0.3, 0.4) is 0 Å². The Hall–Kier alpha value is -1.66. The van der Waals surface area contributed by atoms with E-state index in [-0.39, 0.29) is 0 Å². The molecule has 1 saturated carbocycles. The van der Waals surface area contributed by atoms with E-state index in [9.17, 15) is 5.11 Å². The van der Waals surface area contributed by atoms with Crippen LogP contribution in [-0.2, 0) is 12.0 Å². The second kappa shape index (κ2) is 7.30. The number of aliphatic hydroxyl groups is 1. The van der Waals surface area contributed by atoms with Gasteiger partial charge in [0.05, 0.1) is 0 Å². The van der Waals surface area contributed by atoms with Gasteiger partial charge in [-0.15, -0.1) is 0 Å². The van der Waals surface area contributed by atoms with Crippen molar-refractivity contribution in [2.45, 2.75) is 77.4 Å². The van der Waals surface area contributed by atoms with Crippen LogP contribution in [0, 0.1) is 13.8 Å². The van der Waals surface area contributed by atoms with Crippen LogP contribution in [0.5, 0.6) is 0 Å². The molecule has 25 heavy (non-hydrogen) atoms. The first-order chi connectivity index (χ1) is 11.9. The standard InChI is InChI=1S/C19H29N3O3/c1-5-17-21-18(25-22-17)14-6-8-15(9-7-14)20-11-19(4,23)16-10-12(2)24-13(16)3/h10,14-15,20,23H,5-9,11H2,1-4H3. The van der Waals surface area contributed by atoms with E-state index in [1.807, 2.05) is 33.8 Å². The molecule has 1 aliphatic rings. The van der Waals surface area contributed by atoms with Gasteiger partial charge in [0.1, 0.15) is 17.1 Å². The molecule has 1 unspecified atom stereocenters. The number of furan rings is 1. The average Bonchev–Trinajstić information content (AvgIpc) is 3.20. The maximum absolute atomic E-state index is 10.8. The molecule has 3 rings (SSSR count). The van der Waals surface area contributed by atoms with Crippen molar-refractivity contribution < 1.29 is 14.0 Å². The summed E-state index contributed by atoms with van der Waals surface area (Å²) in [5.41, 5.74) is -0.0644. The van der Waals surface area contributed by atoms with Gasteiger partial charge in [-0.25, -0.2) is 0 Å². The lowest BCUT2D eigenvalue weighted by Gasteiger charge is -2.31. The molecule has 1 aliphatic carbocycles. The summed E-state index contributed by atoms with van der Waals surface area (Å²) < 4.78 is 10.9. The van der Waals surface area contributed by atoms with Crippen molar-refractivity contribution in [1.82, 2.24) is 15.5 Å². The summed E-state index contributed by atoms with van der Waals surface area (Å²) in [5.74, 6) is 3.56. The largest absolute Gasteiger partial charge is 0.466 e. The molecule has 6 heteroatoms. The molecule has 2 N–H and O–H groups in total. The van der Waals surface area contributed by atoms with E-state index in [4.69, 9.17) is 8.94 Å². The summed E-state index contributed by atoms with van der Waals surface area (Å²) in [5, 5.41) is 18.3. The van der Waals surface area contributed by atoms with Crippen molar-refractivity contribution >= 4 is 0 Å². The van der Waals surface area contributed by atoms with Crippen molar-refractivity contribution in [2.75, 3.05) is 6.54 Å². The zero-order valence-corrected chi connectivity index (χ0v) is 15.6. The molecule has 2 heterocycles. The first-order valence-electron chi connectivity index (χ1n) is 9.24. The third-order valence-electron chi connectivity index (χ3n) is 5.23. The molecule has 0 aliphatic heterocycles. The van der Waals surface area contributed by atoms with E-state index in [1.165, 1.54) is 0 Å². The molecule has 138 valence electrons. The van der Waals surface area contributed by atoms with Gasteiger partial charge in [0.25, 0.3) is 0 Å². The Morgan fingerprint density at radius 1 is 1.28 bits per heavy atom. The van der Waals surface area contributed by atoms with E-state index in [2.05, 4.69) is 15.5 Å². The van der Waals surface area contributed by atoms with Crippen LogP contribution in [0.25, 0.3) is 0 Å². The monoisotopic (exact) mass is 347 g/mol. The number of nitrogens with one attached hydrogen (secondary N) is 1. The lowest BCUT2D eigenvalue weighted by molar-refractivity contribution is 0.0503. The van der Waals surface area contributed by atoms with Gasteiger partial charge in [-0.05, 0) is 52.5 Å². The molecular formula is C19H29N3O3. The SMILES string of the molecule is CCc1noc(C2CCC(NCC(C)(O)c3cc(C)oc3C)CC2)n1. The number of hydrogen-bond donors (Lipinski definition) is 2. The minimum atomic E-state index is -0.929. The molecule has 1 atom stereocenters. The number of aryl methyl sites for hydroxylation is 3. The van der Waals surface area contributed by atoms with Gasteiger partial charge in [0, 0.05) is 30.5 Å². The van der Waals surface area contributed by atoms with Gasteiger partial charge in [0.2, 0.25) is 5.89 Å². The van der Waals surface area contributed by atoms with Gasteiger partial charge in [-0.1, -0.05) is 12.1 Å². The van der Waals surface area contributed by atoms with Gasteiger partial charge in [0.15, 0.2) is 5.82 Å². The summed E-state index contributed by atoms with van der Waals surface area (Å²) in [6.45, 7) is 8.20. The first-order valence-corrected chi connectivity index (χ1v) is 9.24. The van der Waals surface area contributed by atoms with Crippen LogP contribution in [0.1, 0.15) is 74.2 Å². The Kier molecular flexibility index (Phi) is 5.29. The molecule has 0 amide bonds. The van der Waals surface area contributed by atoms with Crippen LogP contribution < -0.4 is 5.32 Å². The van der Waals surface area contributed by atoms with Gasteiger partial charge < -0.3 is 19.4 Å². The maximum atomic E-state index is 10.8. The van der Waals surface area contributed by atoms with Gasteiger partial charge in [-0.2, -0.15) is 4.98 Å². The highest BCUT2D eigenvalue weighted by Gasteiger charge is 2.31. The Morgan fingerprint density at radius 2 is 2.00 bits per heavy atom. The maximum Gasteiger partial charge on any atom is 0.229 e.